The van der Waals surface area contributed by atoms with Crippen LogP contribution in [0.25, 0.3) is 27.9 Å². The molecule has 0 N–H and O–H groups in total. The number of pyridine rings is 1. The van der Waals surface area contributed by atoms with Crippen LogP contribution in [0, 0.1) is 5.82 Å². The van der Waals surface area contributed by atoms with Crippen molar-refractivity contribution in [3.05, 3.63) is 71.9 Å². The summed E-state index contributed by atoms with van der Waals surface area (Å²) in [6, 6.07) is 8.76. The second kappa shape index (κ2) is 10.9. The van der Waals surface area contributed by atoms with E-state index in [0.717, 1.165) is 24.5 Å². The van der Waals surface area contributed by atoms with Gasteiger partial charge in [-0.25, -0.2) is 0 Å². The zero-order valence-electron chi connectivity index (χ0n) is 20.1. The predicted molar refractivity (Wildman–Crippen MR) is 139 cm³/mol. The summed E-state index contributed by atoms with van der Waals surface area (Å²) in [4.78, 5) is 19.3. The van der Waals surface area contributed by atoms with Crippen molar-refractivity contribution in [1.82, 2.24) is 9.88 Å². The van der Waals surface area contributed by atoms with Crippen molar-refractivity contribution < 1.29 is 26.8 Å². The van der Waals surface area contributed by atoms with Crippen LogP contribution in [-0.4, -0.2) is 65.6 Å². The van der Waals surface area contributed by atoms with E-state index in [2.05, 4.69) is 9.88 Å². The van der Waals surface area contributed by atoms with Gasteiger partial charge in [-0.3, -0.25) is 0 Å². The van der Waals surface area contributed by atoms with Crippen LogP contribution in [0.15, 0.2) is 64.2 Å². The number of methoxy groups -OCH3 is 1. The second-order valence-corrected chi connectivity index (χ2v) is 14.7. The van der Waals surface area contributed by atoms with E-state index >= 15 is 0 Å². The van der Waals surface area contributed by atoms with Gasteiger partial charge in [0.15, 0.2) is 0 Å². The van der Waals surface area contributed by atoms with E-state index in [4.69, 9.17) is 9.15 Å². The second-order valence-electron chi connectivity index (χ2n) is 7.94. The number of furan rings is 1. The molecule has 0 amide bonds. The number of likely N-dealkylation sites (N-methyl/N-ethyl adjacent to an activating group) is 1. The van der Waals surface area contributed by atoms with Crippen molar-refractivity contribution in [2.75, 3.05) is 26.7 Å². The number of hydrogen-bond donors (Lipinski definition) is 0. The van der Waals surface area contributed by atoms with Gasteiger partial charge in [-0.1, -0.05) is 0 Å². The Labute approximate surface area is 214 Å². The Morgan fingerprint density at radius 1 is 1.17 bits per heavy atom. The third-order valence-electron chi connectivity index (χ3n) is 5.87. The number of carbonyl (C=O) groups excluding carboxylic acids is 1. The average Bonchev–Trinajstić information content (AvgIpc) is 3.35. The molecule has 0 unspecified atom stereocenters. The molecule has 0 saturated heterocycles. The summed E-state index contributed by atoms with van der Waals surface area (Å²) < 4.78 is 52.0. The number of benzene rings is 2. The third kappa shape index (κ3) is 5.23. The van der Waals surface area contributed by atoms with Crippen LogP contribution in [-0.2, 0) is 12.8 Å². The molecule has 4 aromatic rings. The van der Waals surface area contributed by atoms with E-state index in [1.165, 1.54) is 31.7 Å². The molecule has 36 heavy (non-hydrogen) atoms. The van der Waals surface area contributed by atoms with Gasteiger partial charge < -0.3 is 0 Å². The first-order valence-electron chi connectivity index (χ1n) is 11.3. The number of esters is 1. The third-order valence-corrected chi connectivity index (χ3v) is 12.0. The first kappa shape index (κ1) is 26.1. The molecule has 10 heteroatoms. The first-order valence-corrected chi connectivity index (χ1v) is 16.0. The Morgan fingerprint density at radius 3 is 2.67 bits per heavy atom. The molecule has 0 bridgehead atoms. The fourth-order valence-corrected chi connectivity index (χ4v) is 9.95. The SMILES string of the molecule is CCN(CC)CC=Cc1cc(F)ccc1S(=O)(=O)[As]c1ccc2c(ncc3occc32)c1C(=O)OC. The van der Waals surface area contributed by atoms with E-state index in [-0.39, 0.29) is 16.0 Å². The number of halogens is 1. The molecule has 0 spiro atoms. The van der Waals surface area contributed by atoms with Crippen molar-refractivity contribution in [3.8, 4) is 0 Å². The van der Waals surface area contributed by atoms with Gasteiger partial charge in [-0.15, -0.1) is 0 Å². The van der Waals surface area contributed by atoms with Crippen LogP contribution in [0.4, 0.5) is 4.39 Å². The minimum absolute atomic E-state index is 0.0221. The van der Waals surface area contributed by atoms with Gasteiger partial charge in [0, 0.05) is 0 Å². The fraction of sp³-hybridized carbons (Fsp3) is 0.231. The maximum atomic E-state index is 14.1. The molecule has 2 aromatic carbocycles. The summed E-state index contributed by atoms with van der Waals surface area (Å²) in [5.41, 5.74) is 1.29. The van der Waals surface area contributed by atoms with Gasteiger partial charge in [0.1, 0.15) is 0 Å². The summed E-state index contributed by atoms with van der Waals surface area (Å²) in [6.07, 6.45) is 6.48. The van der Waals surface area contributed by atoms with Crippen molar-refractivity contribution in [3.63, 3.8) is 0 Å². The monoisotopic (exact) mass is 571 g/mol. The van der Waals surface area contributed by atoms with E-state index < -0.39 is 34.5 Å². The molecule has 0 aliphatic carbocycles. The molecule has 1 radical (unpaired) electrons. The van der Waals surface area contributed by atoms with Crippen molar-refractivity contribution in [2.24, 2.45) is 0 Å². The number of ether oxygens (including phenoxy) is 1. The van der Waals surface area contributed by atoms with Gasteiger partial charge in [0.05, 0.1) is 0 Å². The number of rotatable bonds is 9. The van der Waals surface area contributed by atoms with E-state index in [1.807, 2.05) is 19.9 Å². The van der Waals surface area contributed by atoms with Gasteiger partial charge in [-0.2, -0.15) is 0 Å². The molecule has 0 atom stereocenters. The van der Waals surface area contributed by atoms with Crippen molar-refractivity contribution in [1.29, 1.82) is 0 Å². The summed E-state index contributed by atoms with van der Waals surface area (Å²) in [7, 11) is -2.64. The van der Waals surface area contributed by atoms with Crippen LogP contribution >= 0.6 is 0 Å². The molecule has 2 aromatic heterocycles. The number of aromatic nitrogens is 1. The first-order chi connectivity index (χ1) is 17.3. The molecular weight excluding hydrogens is 546 g/mol. The zero-order valence-corrected chi connectivity index (χ0v) is 22.8. The van der Waals surface area contributed by atoms with Crippen LogP contribution in [0.3, 0.4) is 0 Å². The Balaban J connectivity index is 1.78. The molecule has 0 aliphatic heterocycles. The molecule has 0 aliphatic rings. The fourth-order valence-electron chi connectivity index (χ4n) is 3.95. The molecule has 7 nitrogen and oxygen atoms in total. The van der Waals surface area contributed by atoms with Crippen LogP contribution in [0.2, 0.25) is 0 Å². The Hall–Kier alpha value is -3.00. The number of fused-ring (bicyclic) bond motifs is 3. The Kier molecular flexibility index (Phi) is 7.93. The Bertz CT molecular complexity index is 1560. The normalized spacial score (nSPS) is 12.6. The topological polar surface area (TPSA) is 89.7 Å². The minimum atomic E-state index is -3.88. The average molecular weight is 571 g/mol. The van der Waals surface area contributed by atoms with E-state index in [0.29, 0.717) is 27.4 Å². The maximum absolute atomic E-state index is 14.1. The number of hydrogen-bond acceptors (Lipinski definition) is 7. The van der Waals surface area contributed by atoms with Crippen LogP contribution in [0.1, 0.15) is 29.8 Å². The van der Waals surface area contributed by atoms with E-state index in [9.17, 15) is 17.6 Å². The summed E-state index contributed by atoms with van der Waals surface area (Å²) in [5.74, 6) is -1.20. The number of carbonyl (C=O) groups is 1. The van der Waals surface area contributed by atoms with Gasteiger partial charge in [0.2, 0.25) is 0 Å². The molecular formula is C26H25AsFN2O5S. The molecule has 187 valence electrons. The molecule has 2 heterocycles. The quantitative estimate of drug-likeness (QED) is 0.222. The zero-order chi connectivity index (χ0) is 25.9. The van der Waals surface area contributed by atoms with Crippen molar-refractivity contribution in [2.45, 2.75) is 18.7 Å². The van der Waals surface area contributed by atoms with Crippen molar-refractivity contribution >= 4 is 61.0 Å². The van der Waals surface area contributed by atoms with Crippen LogP contribution < -0.4 is 4.35 Å². The van der Waals surface area contributed by atoms with Gasteiger partial charge in [0.25, 0.3) is 0 Å². The summed E-state index contributed by atoms with van der Waals surface area (Å²) >= 11 is -1.60. The summed E-state index contributed by atoms with van der Waals surface area (Å²) in [5, 5.41) is 1.42. The van der Waals surface area contributed by atoms with Gasteiger partial charge in [-0.05, 0) is 0 Å². The molecule has 0 saturated carbocycles. The molecule has 4 rings (SSSR count). The Morgan fingerprint density at radius 2 is 1.94 bits per heavy atom. The molecule has 0 fully saturated rings. The predicted octanol–water partition coefficient (Wildman–Crippen LogP) is 3.98. The van der Waals surface area contributed by atoms with Gasteiger partial charge >= 0.3 is 215 Å². The number of nitrogens with zero attached hydrogens (tertiary/aromatic N) is 2. The standard InChI is InChI=1S/C26H25AsFN2O5S/c1-4-30(5-2)13-6-7-17-15-18(28)8-11-23(17)36(32,33)27-21-10-9-20-19-12-14-35-22(19)16-29-25(20)24(21)26(31)34-3/h6-12,14-16H,4-5,13H2,1-3H3. The van der Waals surface area contributed by atoms with Crippen LogP contribution in [0.5, 0.6) is 0 Å². The van der Waals surface area contributed by atoms with E-state index in [1.54, 1.807) is 24.3 Å². The summed E-state index contributed by atoms with van der Waals surface area (Å²) in [6.45, 7) is 6.37.